The van der Waals surface area contributed by atoms with E-state index >= 15 is 0 Å². The normalized spacial score (nSPS) is 17.8. The van der Waals surface area contributed by atoms with E-state index in [2.05, 4.69) is 0 Å². The smallest absolute Gasteiger partial charge is 0.405 e. The average molecular weight is 519 g/mol. The first-order valence-corrected chi connectivity index (χ1v) is 11.7. The number of nitriles is 1. The van der Waals surface area contributed by atoms with Crippen LogP contribution in [0.5, 0.6) is 5.75 Å². The molecule has 196 valence electrons. The van der Waals surface area contributed by atoms with Crippen LogP contribution in [0.3, 0.4) is 0 Å². The molecule has 0 spiro atoms. The Morgan fingerprint density at radius 2 is 2.00 bits per heavy atom. The minimum absolute atomic E-state index is 0.000670. The maximum Gasteiger partial charge on any atom is 0.405 e. The highest BCUT2D eigenvalue weighted by atomic mass is 19.4. The number of amides is 1. The predicted molar refractivity (Wildman–Crippen MR) is 123 cm³/mol. The summed E-state index contributed by atoms with van der Waals surface area (Å²) in [6.45, 7) is 1.59. The summed E-state index contributed by atoms with van der Waals surface area (Å²) in [5, 5.41) is 9.06. The van der Waals surface area contributed by atoms with Crippen molar-refractivity contribution >= 4 is 11.9 Å². The number of methoxy groups -OCH3 is 1. The molecule has 1 amide bonds. The van der Waals surface area contributed by atoms with E-state index in [0.29, 0.717) is 12.0 Å². The van der Waals surface area contributed by atoms with Gasteiger partial charge in [0.25, 0.3) is 0 Å². The van der Waals surface area contributed by atoms with Crippen LogP contribution in [-0.2, 0) is 29.0 Å². The summed E-state index contributed by atoms with van der Waals surface area (Å²) in [6.07, 6.45) is -4.69. The number of hydrogen-bond donors (Lipinski definition) is 0. The van der Waals surface area contributed by atoms with Crippen LogP contribution in [0.2, 0.25) is 0 Å². The zero-order chi connectivity index (χ0) is 26.9. The third-order valence-electron chi connectivity index (χ3n) is 7.00. The SMILES string of the molecule is COc1cc(CC(=O)N2CCN(CCc3ccc4c(c3C)COC4=O)C(C(F)(F)F)C2)c(F)cc1C#N. The Bertz CT molecular complexity index is 1270. The van der Waals surface area contributed by atoms with Gasteiger partial charge in [0.1, 0.15) is 30.3 Å². The molecule has 37 heavy (non-hydrogen) atoms. The van der Waals surface area contributed by atoms with E-state index in [4.69, 9.17) is 14.7 Å². The van der Waals surface area contributed by atoms with E-state index < -0.39 is 42.9 Å². The van der Waals surface area contributed by atoms with Crippen LogP contribution < -0.4 is 4.74 Å². The van der Waals surface area contributed by atoms with E-state index in [1.165, 1.54) is 18.1 Å². The Morgan fingerprint density at radius 1 is 1.24 bits per heavy atom. The minimum Gasteiger partial charge on any atom is -0.495 e. The molecule has 2 aliphatic rings. The minimum atomic E-state index is -4.57. The lowest BCUT2D eigenvalue weighted by molar-refractivity contribution is -0.197. The van der Waals surface area contributed by atoms with Gasteiger partial charge in [-0.25, -0.2) is 9.18 Å². The van der Waals surface area contributed by atoms with E-state index in [0.717, 1.165) is 27.7 Å². The summed E-state index contributed by atoms with van der Waals surface area (Å²) in [4.78, 5) is 27.0. The molecular weight excluding hydrogens is 494 g/mol. The van der Waals surface area contributed by atoms with Crippen molar-refractivity contribution in [2.24, 2.45) is 0 Å². The van der Waals surface area contributed by atoms with Crippen LogP contribution in [0.1, 0.15) is 38.2 Å². The van der Waals surface area contributed by atoms with Crippen molar-refractivity contribution in [3.63, 3.8) is 0 Å². The van der Waals surface area contributed by atoms with Crippen LogP contribution >= 0.6 is 0 Å². The van der Waals surface area contributed by atoms with Crippen molar-refractivity contribution in [3.05, 3.63) is 63.5 Å². The maximum atomic E-state index is 14.4. The molecule has 7 nitrogen and oxygen atoms in total. The number of carbonyl (C=O) groups is 2. The number of piperazine rings is 1. The summed E-state index contributed by atoms with van der Waals surface area (Å²) in [5.41, 5.74) is 2.82. The molecule has 0 bridgehead atoms. The monoisotopic (exact) mass is 519 g/mol. The Kier molecular flexibility index (Phi) is 7.41. The molecule has 4 rings (SSSR count). The van der Waals surface area contributed by atoms with Crippen molar-refractivity contribution in [3.8, 4) is 11.8 Å². The molecule has 2 aromatic carbocycles. The van der Waals surface area contributed by atoms with Crippen LogP contribution in [0.15, 0.2) is 24.3 Å². The standard InChI is InChI=1S/C26H25F4N3O4/c1-15-16(3-4-19-20(15)14-37-25(19)35)5-6-32-7-8-33(13-23(32)26(28,29)30)24(34)11-17-10-22(36-2)18(12-31)9-21(17)27/h3-4,9-10,23H,5-8,11,13-14H2,1-2H3. The summed E-state index contributed by atoms with van der Waals surface area (Å²) in [7, 11) is 1.30. The quantitative estimate of drug-likeness (QED) is 0.429. The molecule has 0 N–H and O–H groups in total. The van der Waals surface area contributed by atoms with Gasteiger partial charge in [-0.15, -0.1) is 0 Å². The lowest BCUT2D eigenvalue weighted by Crippen LogP contribution is -2.60. The van der Waals surface area contributed by atoms with Gasteiger partial charge in [-0.05, 0) is 42.7 Å². The fraction of sp³-hybridized carbons (Fsp3) is 0.423. The zero-order valence-corrected chi connectivity index (χ0v) is 20.3. The van der Waals surface area contributed by atoms with Crippen molar-refractivity contribution in [2.75, 3.05) is 33.3 Å². The molecule has 0 aromatic heterocycles. The Labute approximate surface area is 211 Å². The zero-order valence-electron chi connectivity index (χ0n) is 20.3. The van der Waals surface area contributed by atoms with Crippen molar-refractivity contribution in [2.45, 2.75) is 38.6 Å². The van der Waals surface area contributed by atoms with Crippen LogP contribution in [0, 0.1) is 24.1 Å². The fourth-order valence-corrected chi connectivity index (χ4v) is 4.82. The van der Waals surface area contributed by atoms with Crippen LogP contribution in [0.25, 0.3) is 0 Å². The van der Waals surface area contributed by atoms with Gasteiger partial charge >= 0.3 is 12.1 Å². The molecule has 1 atom stereocenters. The average Bonchev–Trinajstić information content (AvgIpc) is 3.25. The molecule has 1 unspecified atom stereocenters. The number of alkyl halides is 3. The van der Waals surface area contributed by atoms with E-state index in [1.807, 2.05) is 6.92 Å². The third kappa shape index (κ3) is 5.39. The summed E-state index contributed by atoms with van der Waals surface area (Å²) in [5.74, 6) is -1.75. The highest BCUT2D eigenvalue weighted by molar-refractivity contribution is 5.93. The number of nitrogens with zero attached hydrogens (tertiary/aromatic N) is 3. The number of halogens is 4. The molecule has 2 aliphatic heterocycles. The first-order chi connectivity index (χ1) is 17.5. The molecule has 2 aromatic rings. The summed E-state index contributed by atoms with van der Waals surface area (Å²) in [6, 6.07) is 5.47. The van der Waals surface area contributed by atoms with E-state index in [9.17, 15) is 27.2 Å². The van der Waals surface area contributed by atoms with Gasteiger partial charge < -0.3 is 14.4 Å². The second-order valence-corrected chi connectivity index (χ2v) is 9.07. The molecule has 0 radical (unpaired) electrons. The van der Waals surface area contributed by atoms with E-state index in [1.54, 1.807) is 18.2 Å². The number of fused-ring (bicyclic) bond motifs is 1. The van der Waals surface area contributed by atoms with Gasteiger partial charge in [0.15, 0.2) is 0 Å². The lowest BCUT2D eigenvalue weighted by Gasteiger charge is -2.42. The van der Waals surface area contributed by atoms with Crippen molar-refractivity contribution in [1.82, 2.24) is 9.80 Å². The Hall–Kier alpha value is -3.65. The second-order valence-electron chi connectivity index (χ2n) is 9.07. The number of hydrogen-bond acceptors (Lipinski definition) is 6. The van der Waals surface area contributed by atoms with Gasteiger partial charge in [-0.3, -0.25) is 9.69 Å². The van der Waals surface area contributed by atoms with Crippen molar-refractivity contribution < 1.29 is 36.6 Å². The lowest BCUT2D eigenvalue weighted by atomic mass is 9.96. The predicted octanol–water partition coefficient (Wildman–Crippen LogP) is 3.55. The molecule has 1 saturated heterocycles. The number of benzene rings is 2. The van der Waals surface area contributed by atoms with Gasteiger partial charge in [-0.1, -0.05) is 6.07 Å². The Balaban J connectivity index is 1.45. The number of ether oxygens (including phenoxy) is 2. The largest absolute Gasteiger partial charge is 0.495 e. The summed E-state index contributed by atoms with van der Waals surface area (Å²) >= 11 is 0. The fourth-order valence-electron chi connectivity index (χ4n) is 4.82. The van der Waals surface area contributed by atoms with Gasteiger partial charge in [0.2, 0.25) is 5.91 Å². The van der Waals surface area contributed by atoms with Crippen molar-refractivity contribution in [1.29, 1.82) is 5.26 Å². The number of carbonyl (C=O) groups excluding carboxylic acids is 2. The Morgan fingerprint density at radius 3 is 2.68 bits per heavy atom. The first kappa shape index (κ1) is 26.4. The van der Waals surface area contributed by atoms with Gasteiger partial charge in [0.05, 0.1) is 24.7 Å². The van der Waals surface area contributed by atoms with Crippen LogP contribution in [-0.4, -0.2) is 67.2 Å². The van der Waals surface area contributed by atoms with E-state index in [-0.39, 0.29) is 43.1 Å². The maximum absolute atomic E-state index is 14.4. The summed E-state index contributed by atoms with van der Waals surface area (Å²) < 4.78 is 66.5. The van der Waals surface area contributed by atoms with Crippen LogP contribution in [0.4, 0.5) is 17.6 Å². The molecular formula is C26H25F4N3O4. The molecule has 0 aliphatic carbocycles. The number of cyclic esters (lactones) is 1. The molecule has 2 heterocycles. The molecule has 11 heteroatoms. The molecule has 0 saturated carbocycles. The third-order valence-corrected chi connectivity index (χ3v) is 7.00. The highest BCUT2D eigenvalue weighted by Gasteiger charge is 2.47. The first-order valence-electron chi connectivity index (χ1n) is 11.7. The highest BCUT2D eigenvalue weighted by Crippen LogP contribution is 2.30. The van der Waals surface area contributed by atoms with Gasteiger partial charge in [-0.2, -0.15) is 18.4 Å². The number of esters is 1. The number of rotatable bonds is 6. The molecule has 1 fully saturated rings. The second kappa shape index (κ2) is 10.4. The van der Waals surface area contributed by atoms with Gasteiger partial charge in [0, 0.05) is 37.3 Å². The topological polar surface area (TPSA) is 82.9 Å².